The van der Waals surface area contributed by atoms with Crippen LogP contribution in [0.3, 0.4) is 0 Å². The van der Waals surface area contributed by atoms with Crippen molar-refractivity contribution in [1.29, 1.82) is 0 Å². The fourth-order valence-corrected chi connectivity index (χ4v) is 2.36. The fraction of sp³-hybridized carbons (Fsp3) is 0.167. The number of nitrogens with one attached hydrogen (secondary N) is 1. The van der Waals surface area contributed by atoms with Crippen molar-refractivity contribution < 1.29 is 9.90 Å². The summed E-state index contributed by atoms with van der Waals surface area (Å²) >= 11 is 7.29. The number of aromatic nitrogens is 1. The van der Waals surface area contributed by atoms with E-state index in [1.807, 2.05) is 0 Å². The maximum Gasteiger partial charge on any atom is 0.231 e. The summed E-state index contributed by atoms with van der Waals surface area (Å²) in [5.74, 6) is -0.179. The summed E-state index contributed by atoms with van der Waals surface area (Å²) in [6.45, 7) is -0.108. The van der Waals surface area contributed by atoms with Gasteiger partial charge in [0.05, 0.1) is 29.4 Å². The van der Waals surface area contributed by atoms with Crippen LogP contribution in [0, 0.1) is 0 Å². The maximum atomic E-state index is 11.8. The molecule has 2 N–H and O–H groups in total. The van der Waals surface area contributed by atoms with Crippen molar-refractivity contribution in [3.63, 3.8) is 0 Å². The summed E-state index contributed by atoms with van der Waals surface area (Å²) in [5.41, 5.74) is 1.17. The second-order valence-corrected chi connectivity index (χ2v) is 4.95. The van der Waals surface area contributed by atoms with Crippen LogP contribution in [0.2, 0.25) is 5.02 Å². The summed E-state index contributed by atoms with van der Waals surface area (Å²) in [5, 5.41) is 14.5. The Morgan fingerprint density at radius 3 is 2.89 bits per heavy atom. The predicted octanol–water partition coefficient (Wildman–Crippen LogP) is 2.47. The Hall–Kier alpha value is -1.43. The average molecular weight is 283 g/mol. The number of thiazole rings is 1. The maximum absolute atomic E-state index is 11.8. The molecular weight excluding hydrogens is 272 g/mol. The molecule has 1 amide bonds. The van der Waals surface area contributed by atoms with Gasteiger partial charge in [0, 0.05) is 5.38 Å². The summed E-state index contributed by atoms with van der Waals surface area (Å²) in [7, 11) is 0. The lowest BCUT2D eigenvalue weighted by Gasteiger charge is -2.05. The van der Waals surface area contributed by atoms with E-state index in [-0.39, 0.29) is 18.9 Å². The van der Waals surface area contributed by atoms with Gasteiger partial charge in [0.2, 0.25) is 5.91 Å². The number of halogens is 1. The van der Waals surface area contributed by atoms with Gasteiger partial charge in [-0.2, -0.15) is 0 Å². The van der Waals surface area contributed by atoms with E-state index in [0.717, 1.165) is 0 Å². The normalized spacial score (nSPS) is 10.3. The first kappa shape index (κ1) is 13.0. The van der Waals surface area contributed by atoms with Crippen LogP contribution in [-0.2, 0) is 17.8 Å². The van der Waals surface area contributed by atoms with Crippen LogP contribution in [-0.4, -0.2) is 16.0 Å². The van der Waals surface area contributed by atoms with Crippen molar-refractivity contribution in [3.8, 4) is 0 Å². The van der Waals surface area contributed by atoms with Gasteiger partial charge in [-0.15, -0.1) is 11.3 Å². The molecule has 6 heteroatoms. The van der Waals surface area contributed by atoms with Crippen LogP contribution in [0.4, 0.5) is 5.69 Å². The van der Waals surface area contributed by atoms with Crippen LogP contribution in [0.15, 0.2) is 29.6 Å². The molecule has 0 aliphatic rings. The number of carbonyl (C=O) groups excluding carboxylic acids is 1. The number of benzene rings is 1. The van der Waals surface area contributed by atoms with Gasteiger partial charge in [0.15, 0.2) is 0 Å². The van der Waals surface area contributed by atoms with Crippen molar-refractivity contribution in [2.45, 2.75) is 13.0 Å². The minimum Gasteiger partial charge on any atom is -0.390 e. The molecule has 0 saturated heterocycles. The van der Waals surface area contributed by atoms with E-state index in [9.17, 15) is 4.79 Å². The number of aliphatic hydroxyl groups excluding tert-OH is 1. The average Bonchev–Trinajstić information content (AvgIpc) is 2.80. The third kappa shape index (κ3) is 3.29. The van der Waals surface area contributed by atoms with Crippen LogP contribution in [0.5, 0.6) is 0 Å². The molecule has 0 bridgehead atoms. The number of para-hydroxylation sites is 1. The highest BCUT2D eigenvalue weighted by atomic mass is 35.5. The van der Waals surface area contributed by atoms with Gasteiger partial charge in [0.25, 0.3) is 0 Å². The lowest BCUT2D eigenvalue weighted by molar-refractivity contribution is -0.115. The van der Waals surface area contributed by atoms with Gasteiger partial charge in [-0.05, 0) is 12.1 Å². The van der Waals surface area contributed by atoms with Crippen LogP contribution < -0.4 is 5.32 Å². The van der Waals surface area contributed by atoms with E-state index < -0.39 is 0 Å². The van der Waals surface area contributed by atoms with Crippen LogP contribution in [0.1, 0.15) is 10.7 Å². The minimum absolute atomic E-state index is 0.108. The van der Waals surface area contributed by atoms with E-state index in [0.29, 0.717) is 21.4 Å². The Morgan fingerprint density at radius 1 is 1.44 bits per heavy atom. The van der Waals surface area contributed by atoms with Crippen molar-refractivity contribution in [2.24, 2.45) is 0 Å². The van der Waals surface area contributed by atoms with Gasteiger partial charge >= 0.3 is 0 Å². The molecule has 0 atom stereocenters. The molecule has 0 aliphatic carbocycles. The third-order valence-corrected chi connectivity index (χ3v) is 3.45. The number of hydrogen-bond acceptors (Lipinski definition) is 4. The molecule has 1 heterocycles. The topological polar surface area (TPSA) is 62.2 Å². The second kappa shape index (κ2) is 5.95. The zero-order valence-corrected chi connectivity index (χ0v) is 11.0. The molecule has 2 aromatic rings. The number of rotatable bonds is 4. The molecule has 2 rings (SSSR count). The summed E-state index contributed by atoms with van der Waals surface area (Å²) in [4.78, 5) is 15.9. The molecule has 0 spiro atoms. The van der Waals surface area contributed by atoms with Crippen molar-refractivity contribution in [1.82, 2.24) is 4.98 Å². The van der Waals surface area contributed by atoms with E-state index >= 15 is 0 Å². The highest BCUT2D eigenvalue weighted by Crippen LogP contribution is 2.20. The molecule has 0 aliphatic heterocycles. The molecule has 0 fully saturated rings. The molecule has 1 aromatic carbocycles. The van der Waals surface area contributed by atoms with E-state index in [2.05, 4.69) is 10.3 Å². The molecule has 4 nitrogen and oxygen atoms in total. The van der Waals surface area contributed by atoms with Crippen LogP contribution >= 0.6 is 22.9 Å². The zero-order valence-electron chi connectivity index (χ0n) is 9.39. The van der Waals surface area contributed by atoms with E-state index in [1.54, 1.807) is 29.6 Å². The Labute approximate surface area is 113 Å². The van der Waals surface area contributed by atoms with Crippen LogP contribution in [0.25, 0.3) is 0 Å². The first-order valence-corrected chi connectivity index (χ1v) is 6.53. The largest absolute Gasteiger partial charge is 0.390 e. The smallest absolute Gasteiger partial charge is 0.231 e. The Kier molecular flexibility index (Phi) is 4.30. The highest BCUT2D eigenvalue weighted by Gasteiger charge is 2.09. The standard InChI is InChI=1S/C12H11ClN2O2S/c13-9-3-1-2-4-10(9)15-11(17)5-12-14-8(6-16)7-18-12/h1-4,7,16H,5-6H2,(H,15,17). The molecule has 94 valence electrons. The van der Waals surface area contributed by atoms with E-state index in [1.165, 1.54) is 11.3 Å². The Morgan fingerprint density at radius 2 is 2.22 bits per heavy atom. The van der Waals surface area contributed by atoms with Crippen molar-refractivity contribution in [3.05, 3.63) is 45.4 Å². The lowest BCUT2D eigenvalue weighted by atomic mass is 10.3. The number of amides is 1. The quantitative estimate of drug-likeness (QED) is 0.905. The van der Waals surface area contributed by atoms with Gasteiger partial charge in [0.1, 0.15) is 5.01 Å². The fourth-order valence-electron chi connectivity index (χ4n) is 1.40. The number of nitrogens with zero attached hydrogens (tertiary/aromatic N) is 1. The zero-order chi connectivity index (χ0) is 13.0. The Balaban J connectivity index is 1.99. The van der Waals surface area contributed by atoms with Gasteiger partial charge in [-0.3, -0.25) is 4.79 Å². The Bertz CT molecular complexity index is 557. The SMILES string of the molecule is O=C(Cc1nc(CO)cs1)Nc1ccccc1Cl. The molecule has 0 unspecified atom stereocenters. The van der Waals surface area contributed by atoms with Gasteiger partial charge < -0.3 is 10.4 Å². The number of hydrogen-bond donors (Lipinski definition) is 2. The van der Waals surface area contributed by atoms with Crippen molar-refractivity contribution >= 4 is 34.5 Å². The first-order chi connectivity index (χ1) is 8.69. The monoisotopic (exact) mass is 282 g/mol. The number of anilines is 1. The van der Waals surface area contributed by atoms with E-state index in [4.69, 9.17) is 16.7 Å². The van der Waals surface area contributed by atoms with Gasteiger partial charge in [-0.1, -0.05) is 23.7 Å². The molecule has 18 heavy (non-hydrogen) atoms. The number of carbonyl (C=O) groups is 1. The summed E-state index contributed by atoms with van der Waals surface area (Å²) in [6, 6.07) is 7.05. The minimum atomic E-state index is -0.179. The molecule has 0 saturated carbocycles. The predicted molar refractivity (Wildman–Crippen MR) is 71.8 cm³/mol. The molecular formula is C12H11ClN2O2S. The summed E-state index contributed by atoms with van der Waals surface area (Å²) in [6.07, 6.45) is 0.176. The molecule has 0 radical (unpaired) electrons. The first-order valence-electron chi connectivity index (χ1n) is 5.27. The van der Waals surface area contributed by atoms with Gasteiger partial charge in [-0.25, -0.2) is 4.98 Å². The summed E-state index contributed by atoms with van der Waals surface area (Å²) < 4.78 is 0. The highest BCUT2D eigenvalue weighted by molar-refractivity contribution is 7.09. The number of aliphatic hydroxyl groups is 1. The lowest BCUT2D eigenvalue weighted by Crippen LogP contribution is -2.14. The molecule has 1 aromatic heterocycles. The second-order valence-electron chi connectivity index (χ2n) is 3.60. The van der Waals surface area contributed by atoms with Crippen molar-refractivity contribution in [2.75, 3.05) is 5.32 Å². The third-order valence-electron chi connectivity index (χ3n) is 2.22.